The lowest BCUT2D eigenvalue weighted by Crippen LogP contribution is -2.44. The molecule has 1 aliphatic rings. The maximum atomic E-state index is 12.4. The molecule has 2 aromatic carbocycles. The highest BCUT2D eigenvalue weighted by Gasteiger charge is 2.19. The number of nitrogens with zero attached hydrogens (tertiary/aromatic N) is 3. The van der Waals surface area contributed by atoms with Crippen molar-refractivity contribution >= 4 is 28.9 Å². The van der Waals surface area contributed by atoms with Gasteiger partial charge in [0.05, 0.1) is 0 Å². The van der Waals surface area contributed by atoms with Gasteiger partial charge in [-0.25, -0.2) is 0 Å². The molecule has 0 spiro atoms. The minimum absolute atomic E-state index is 0.0835. The highest BCUT2D eigenvalue weighted by Crippen LogP contribution is 2.24. The number of hydrogen-bond donors (Lipinski definition) is 1. The summed E-state index contributed by atoms with van der Waals surface area (Å²) in [5.41, 5.74) is 4.48. The Morgan fingerprint density at radius 2 is 1.86 bits per heavy atom. The van der Waals surface area contributed by atoms with E-state index < -0.39 is 5.91 Å². The Bertz CT molecular complexity index is 940. The van der Waals surface area contributed by atoms with E-state index in [1.807, 2.05) is 11.0 Å². The maximum absolute atomic E-state index is 12.4. The van der Waals surface area contributed by atoms with E-state index in [1.165, 1.54) is 16.8 Å². The number of amides is 1. The normalized spacial score (nSPS) is 14.6. The summed E-state index contributed by atoms with van der Waals surface area (Å²) < 4.78 is 0. The highest BCUT2D eigenvalue weighted by molar-refractivity contribution is 6.31. The molecule has 0 bridgehead atoms. The number of anilines is 2. The number of piperazine rings is 1. The van der Waals surface area contributed by atoms with Gasteiger partial charge in [0, 0.05) is 48.8 Å². The molecule has 3 rings (SSSR count). The van der Waals surface area contributed by atoms with Gasteiger partial charge in [-0.3, -0.25) is 4.79 Å². The number of carbonyl (C=O) groups excluding carboxylic acids is 1. The van der Waals surface area contributed by atoms with Crippen LogP contribution in [0, 0.1) is 25.2 Å². The monoisotopic (exact) mass is 394 g/mol. The van der Waals surface area contributed by atoms with Gasteiger partial charge in [-0.2, -0.15) is 5.26 Å². The number of aryl methyl sites for hydroxylation is 1. The zero-order valence-corrected chi connectivity index (χ0v) is 16.8. The van der Waals surface area contributed by atoms with Crippen molar-refractivity contribution in [1.29, 1.82) is 5.26 Å². The molecule has 0 aliphatic carbocycles. The molecule has 1 heterocycles. The average molecular weight is 395 g/mol. The van der Waals surface area contributed by atoms with Crippen LogP contribution in [-0.4, -0.2) is 37.0 Å². The largest absolute Gasteiger partial charge is 0.373 e. The van der Waals surface area contributed by atoms with Gasteiger partial charge >= 0.3 is 0 Å². The highest BCUT2D eigenvalue weighted by atomic mass is 35.5. The fraction of sp³-hybridized carbons (Fsp3) is 0.273. The molecule has 0 atom stereocenters. The van der Waals surface area contributed by atoms with Crippen molar-refractivity contribution in [3.05, 3.63) is 70.4 Å². The summed E-state index contributed by atoms with van der Waals surface area (Å²) in [6, 6.07) is 15.2. The van der Waals surface area contributed by atoms with Gasteiger partial charge in [-0.1, -0.05) is 29.8 Å². The van der Waals surface area contributed by atoms with Crippen LogP contribution in [0.2, 0.25) is 5.02 Å². The van der Waals surface area contributed by atoms with Crippen LogP contribution in [0.1, 0.15) is 11.1 Å². The third kappa shape index (κ3) is 4.65. The van der Waals surface area contributed by atoms with Crippen LogP contribution in [0.25, 0.3) is 0 Å². The molecule has 1 fully saturated rings. The summed E-state index contributed by atoms with van der Waals surface area (Å²) in [5.74, 6) is -0.429. The summed E-state index contributed by atoms with van der Waals surface area (Å²) in [6.07, 6.45) is 1.65. The van der Waals surface area contributed by atoms with Gasteiger partial charge in [-0.05, 0) is 49.2 Å². The number of hydrogen-bond acceptors (Lipinski definition) is 4. The molecule has 1 aliphatic heterocycles. The third-order valence-corrected chi connectivity index (χ3v) is 5.23. The van der Waals surface area contributed by atoms with Gasteiger partial charge in [0.1, 0.15) is 11.6 Å². The second kappa shape index (κ2) is 8.81. The van der Waals surface area contributed by atoms with Gasteiger partial charge in [0.2, 0.25) is 0 Å². The molecule has 144 valence electrons. The zero-order valence-electron chi connectivity index (χ0n) is 16.1. The summed E-state index contributed by atoms with van der Waals surface area (Å²) in [5, 5.41) is 12.7. The summed E-state index contributed by atoms with van der Waals surface area (Å²) >= 11 is 5.94. The van der Waals surface area contributed by atoms with Crippen molar-refractivity contribution in [1.82, 2.24) is 4.90 Å². The molecule has 1 saturated heterocycles. The molecule has 2 aromatic rings. The number of benzene rings is 2. The summed E-state index contributed by atoms with van der Waals surface area (Å²) in [7, 11) is 0. The number of nitrogens with one attached hydrogen (secondary N) is 1. The van der Waals surface area contributed by atoms with E-state index in [1.54, 1.807) is 30.5 Å². The summed E-state index contributed by atoms with van der Waals surface area (Å²) in [4.78, 5) is 16.8. The molecular formula is C22H23ClN4O. The first-order valence-corrected chi connectivity index (χ1v) is 9.60. The Morgan fingerprint density at radius 1 is 1.14 bits per heavy atom. The van der Waals surface area contributed by atoms with E-state index in [0.717, 1.165) is 26.2 Å². The minimum Gasteiger partial charge on any atom is -0.373 e. The quantitative estimate of drug-likeness (QED) is 0.625. The summed E-state index contributed by atoms with van der Waals surface area (Å²) in [6.45, 7) is 7.46. The molecule has 0 radical (unpaired) electrons. The van der Waals surface area contributed by atoms with E-state index in [0.29, 0.717) is 10.7 Å². The Labute approximate surface area is 170 Å². The molecule has 1 N–H and O–H groups in total. The zero-order chi connectivity index (χ0) is 20.1. The smallest absolute Gasteiger partial charge is 0.267 e. The van der Waals surface area contributed by atoms with Gasteiger partial charge < -0.3 is 15.1 Å². The van der Waals surface area contributed by atoms with E-state index in [9.17, 15) is 10.1 Å². The Morgan fingerprint density at radius 3 is 2.54 bits per heavy atom. The third-order valence-electron chi connectivity index (χ3n) is 4.99. The first-order valence-electron chi connectivity index (χ1n) is 9.22. The lowest BCUT2D eigenvalue weighted by atomic mass is 10.1. The Kier molecular flexibility index (Phi) is 6.23. The van der Waals surface area contributed by atoms with E-state index in [-0.39, 0.29) is 5.57 Å². The molecule has 28 heavy (non-hydrogen) atoms. The fourth-order valence-corrected chi connectivity index (χ4v) is 3.45. The molecule has 5 nitrogen and oxygen atoms in total. The SMILES string of the molecule is Cc1cccc(N2CCN(/C=C(/C#N)C(=O)Nc3cccc(Cl)c3)CC2)c1C. The fourth-order valence-electron chi connectivity index (χ4n) is 3.26. The second-order valence-electron chi connectivity index (χ2n) is 6.86. The first kappa shape index (κ1) is 19.8. The van der Waals surface area contributed by atoms with Crippen LogP contribution in [0.15, 0.2) is 54.2 Å². The Balaban J connectivity index is 1.64. The number of halogens is 1. The molecule has 0 unspecified atom stereocenters. The number of nitriles is 1. The molecule has 0 saturated carbocycles. The van der Waals surface area contributed by atoms with Crippen molar-refractivity contribution in [2.45, 2.75) is 13.8 Å². The predicted molar refractivity (Wildman–Crippen MR) is 113 cm³/mol. The Hall–Kier alpha value is -2.97. The van der Waals surface area contributed by atoms with Crippen LogP contribution < -0.4 is 10.2 Å². The van der Waals surface area contributed by atoms with Gasteiger partial charge in [0.15, 0.2) is 0 Å². The standard InChI is InChI=1S/C22H23ClN4O/c1-16-5-3-8-21(17(16)2)27-11-9-26(10-12-27)15-18(14-24)22(28)25-20-7-4-6-19(23)13-20/h3-8,13,15H,9-12H2,1-2H3,(H,25,28)/b18-15-. The van der Waals surface area contributed by atoms with Crippen LogP contribution in [0.5, 0.6) is 0 Å². The maximum Gasteiger partial charge on any atom is 0.267 e. The van der Waals surface area contributed by atoms with Gasteiger partial charge in [0.25, 0.3) is 5.91 Å². The van der Waals surface area contributed by atoms with E-state index >= 15 is 0 Å². The van der Waals surface area contributed by atoms with E-state index in [2.05, 4.69) is 42.3 Å². The van der Waals surface area contributed by atoms with Crippen molar-refractivity contribution in [2.24, 2.45) is 0 Å². The minimum atomic E-state index is -0.429. The number of rotatable bonds is 4. The molecular weight excluding hydrogens is 372 g/mol. The average Bonchev–Trinajstić information content (AvgIpc) is 2.69. The second-order valence-corrected chi connectivity index (χ2v) is 7.30. The molecule has 0 aromatic heterocycles. The van der Waals surface area contributed by atoms with Crippen LogP contribution >= 0.6 is 11.6 Å². The van der Waals surface area contributed by atoms with Crippen LogP contribution in [-0.2, 0) is 4.79 Å². The molecule has 1 amide bonds. The first-order chi connectivity index (χ1) is 13.5. The van der Waals surface area contributed by atoms with Crippen molar-refractivity contribution in [2.75, 3.05) is 36.4 Å². The predicted octanol–water partition coefficient (Wildman–Crippen LogP) is 4.13. The van der Waals surface area contributed by atoms with Crippen LogP contribution in [0.4, 0.5) is 11.4 Å². The topological polar surface area (TPSA) is 59.4 Å². The van der Waals surface area contributed by atoms with Crippen molar-refractivity contribution in [3.63, 3.8) is 0 Å². The van der Waals surface area contributed by atoms with Crippen LogP contribution in [0.3, 0.4) is 0 Å². The number of carbonyl (C=O) groups is 1. The van der Waals surface area contributed by atoms with Crippen molar-refractivity contribution in [3.8, 4) is 6.07 Å². The lowest BCUT2D eigenvalue weighted by Gasteiger charge is -2.36. The van der Waals surface area contributed by atoms with Crippen molar-refractivity contribution < 1.29 is 4.79 Å². The lowest BCUT2D eigenvalue weighted by molar-refractivity contribution is -0.112. The molecule has 6 heteroatoms. The van der Waals surface area contributed by atoms with Gasteiger partial charge in [-0.15, -0.1) is 0 Å². The van der Waals surface area contributed by atoms with E-state index in [4.69, 9.17) is 11.6 Å².